The predicted octanol–water partition coefficient (Wildman–Crippen LogP) is 1.94. The fourth-order valence-corrected chi connectivity index (χ4v) is 1.62. The lowest BCUT2D eigenvalue weighted by atomic mass is 10.1. The van der Waals surface area contributed by atoms with Gasteiger partial charge in [-0.2, -0.15) is 0 Å². The second-order valence-electron chi connectivity index (χ2n) is 2.99. The number of aliphatic hydroxyl groups is 1. The molecule has 1 aliphatic carbocycles. The number of hydrogen-bond acceptors (Lipinski definition) is 1. The zero-order valence-electron chi connectivity index (χ0n) is 6.35. The minimum absolute atomic E-state index is 0.148. The van der Waals surface area contributed by atoms with Gasteiger partial charge in [0, 0.05) is 5.56 Å². The number of aryl methyl sites for hydroxylation is 1. The van der Waals surface area contributed by atoms with E-state index in [9.17, 15) is 13.9 Å². The van der Waals surface area contributed by atoms with E-state index < -0.39 is 17.7 Å². The number of halogens is 2. The third-order valence-electron chi connectivity index (χ3n) is 2.24. The van der Waals surface area contributed by atoms with Crippen molar-refractivity contribution in [3.8, 4) is 0 Å². The Morgan fingerprint density at radius 3 is 2.83 bits per heavy atom. The van der Waals surface area contributed by atoms with Gasteiger partial charge < -0.3 is 5.11 Å². The standard InChI is InChI=1S/C9H8F2O/c10-6-3-1-5-2-4-7(12)8(5)9(6)11/h1,3,7,12H,2,4H2. The highest BCUT2D eigenvalue weighted by atomic mass is 19.2. The van der Waals surface area contributed by atoms with E-state index in [4.69, 9.17) is 0 Å². The summed E-state index contributed by atoms with van der Waals surface area (Å²) in [6, 6.07) is 2.64. The van der Waals surface area contributed by atoms with Crippen LogP contribution in [0, 0.1) is 11.6 Å². The monoisotopic (exact) mass is 170 g/mol. The highest BCUT2D eigenvalue weighted by molar-refractivity contribution is 5.35. The Balaban J connectivity index is 2.63. The molecule has 64 valence electrons. The average molecular weight is 170 g/mol. The summed E-state index contributed by atoms with van der Waals surface area (Å²) < 4.78 is 25.7. The number of benzene rings is 1. The summed E-state index contributed by atoms with van der Waals surface area (Å²) in [4.78, 5) is 0. The van der Waals surface area contributed by atoms with Crippen molar-refractivity contribution in [1.29, 1.82) is 0 Å². The molecule has 1 aromatic carbocycles. The molecule has 3 heteroatoms. The molecule has 1 nitrogen and oxygen atoms in total. The maximum absolute atomic E-state index is 13.0. The van der Waals surface area contributed by atoms with E-state index in [1.807, 2.05) is 0 Å². The van der Waals surface area contributed by atoms with E-state index in [0.717, 1.165) is 11.6 Å². The zero-order chi connectivity index (χ0) is 8.72. The molecule has 0 saturated heterocycles. The molecule has 0 amide bonds. The Morgan fingerprint density at radius 1 is 1.33 bits per heavy atom. The summed E-state index contributed by atoms with van der Waals surface area (Å²) >= 11 is 0. The summed E-state index contributed by atoms with van der Waals surface area (Å²) in [5, 5.41) is 9.28. The predicted molar refractivity (Wildman–Crippen MR) is 39.6 cm³/mol. The molecule has 12 heavy (non-hydrogen) atoms. The number of rotatable bonds is 0. The van der Waals surface area contributed by atoms with Crippen molar-refractivity contribution in [2.24, 2.45) is 0 Å². The average Bonchev–Trinajstić information content (AvgIpc) is 2.41. The molecule has 0 aliphatic heterocycles. The quantitative estimate of drug-likeness (QED) is 0.630. The van der Waals surface area contributed by atoms with Crippen LogP contribution in [-0.4, -0.2) is 5.11 Å². The molecule has 1 aromatic rings. The second-order valence-corrected chi connectivity index (χ2v) is 2.99. The Kier molecular flexibility index (Phi) is 1.61. The normalized spacial score (nSPS) is 21.1. The molecule has 0 heterocycles. The van der Waals surface area contributed by atoms with Gasteiger partial charge in [0.25, 0.3) is 0 Å². The summed E-state index contributed by atoms with van der Waals surface area (Å²) in [5.74, 6) is -1.77. The van der Waals surface area contributed by atoms with Crippen LogP contribution in [0.1, 0.15) is 23.7 Å². The zero-order valence-corrected chi connectivity index (χ0v) is 6.35. The Labute approximate surface area is 68.6 Å². The molecule has 1 aliphatic rings. The first-order valence-corrected chi connectivity index (χ1v) is 3.85. The fourth-order valence-electron chi connectivity index (χ4n) is 1.62. The summed E-state index contributed by atoms with van der Waals surface area (Å²) in [5.41, 5.74) is 0.872. The molecule has 0 bridgehead atoms. The van der Waals surface area contributed by atoms with Crippen LogP contribution in [0.15, 0.2) is 12.1 Å². The second kappa shape index (κ2) is 2.52. The lowest BCUT2D eigenvalue weighted by Gasteiger charge is -2.04. The van der Waals surface area contributed by atoms with Gasteiger partial charge in [-0.15, -0.1) is 0 Å². The van der Waals surface area contributed by atoms with Crippen molar-refractivity contribution in [3.63, 3.8) is 0 Å². The van der Waals surface area contributed by atoms with Crippen LogP contribution in [-0.2, 0) is 6.42 Å². The Hall–Kier alpha value is -0.960. The van der Waals surface area contributed by atoms with E-state index in [2.05, 4.69) is 0 Å². The largest absolute Gasteiger partial charge is 0.388 e. The van der Waals surface area contributed by atoms with Crippen LogP contribution in [0.2, 0.25) is 0 Å². The fraction of sp³-hybridized carbons (Fsp3) is 0.333. The first kappa shape index (κ1) is 7.68. The highest BCUT2D eigenvalue weighted by Gasteiger charge is 2.25. The van der Waals surface area contributed by atoms with Gasteiger partial charge >= 0.3 is 0 Å². The minimum atomic E-state index is -0.891. The van der Waals surface area contributed by atoms with Crippen LogP contribution in [0.4, 0.5) is 8.78 Å². The molecule has 0 radical (unpaired) electrons. The summed E-state index contributed by atoms with van der Waals surface area (Å²) in [6.45, 7) is 0. The molecule has 2 rings (SSSR count). The number of hydrogen-bond donors (Lipinski definition) is 1. The summed E-state index contributed by atoms with van der Waals surface area (Å²) in [7, 11) is 0. The van der Waals surface area contributed by atoms with Crippen molar-refractivity contribution < 1.29 is 13.9 Å². The number of fused-ring (bicyclic) bond motifs is 1. The topological polar surface area (TPSA) is 20.2 Å². The van der Waals surface area contributed by atoms with Crippen molar-refractivity contribution in [2.75, 3.05) is 0 Å². The van der Waals surface area contributed by atoms with E-state index >= 15 is 0 Å². The van der Waals surface area contributed by atoms with Crippen molar-refractivity contribution in [1.82, 2.24) is 0 Å². The lowest BCUT2D eigenvalue weighted by molar-refractivity contribution is 0.174. The SMILES string of the molecule is OC1CCc2ccc(F)c(F)c21. The third-order valence-corrected chi connectivity index (χ3v) is 2.24. The van der Waals surface area contributed by atoms with Crippen molar-refractivity contribution in [3.05, 3.63) is 34.9 Å². The smallest absolute Gasteiger partial charge is 0.164 e. The molecule has 0 fully saturated rings. The molecule has 1 unspecified atom stereocenters. The van der Waals surface area contributed by atoms with E-state index in [-0.39, 0.29) is 5.56 Å². The summed E-state index contributed by atoms with van der Waals surface area (Å²) in [6.07, 6.45) is 0.305. The van der Waals surface area contributed by atoms with Crippen LogP contribution < -0.4 is 0 Å². The molecular formula is C9H8F2O. The van der Waals surface area contributed by atoms with Crippen LogP contribution in [0.3, 0.4) is 0 Å². The molecule has 0 saturated carbocycles. The van der Waals surface area contributed by atoms with Gasteiger partial charge in [-0.1, -0.05) is 6.07 Å². The molecule has 1 atom stereocenters. The van der Waals surface area contributed by atoms with Crippen molar-refractivity contribution >= 4 is 0 Å². The van der Waals surface area contributed by atoms with Gasteiger partial charge in [0.15, 0.2) is 11.6 Å². The van der Waals surface area contributed by atoms with Gasteiger partial charge in [0.2, 0.25) is 0 Å². The van der Waals surface area contributed by atoms with Crippen LogP contribution in [0.25, 0.3) is 0 Å². The van der Waals surface area contributed by atoms with Crippen LogP contribution in [0.5, 0.6) is 0 Å². The molecule has 0 aromatic heterocycles. The van der Waals surface area contributed by atoms with E-state index in [1.54, 1.807) is 0 Å². The van der Waals surface area contributed by atoms with E-state index in [0.29, 0.717) is 12.8 Å². The molecular weight excluding hydrogens is 162 g/mol. The molecule has 1 N–H and O–H groups in total. The Bertz CT molecular complexity index is 323. The van der Waals surface area contributed by atoms with Gasteiger partial charge in [0.05, 0.1) is 6.10 Å². The first-order valence-electron chi connectivity index (χ1n) is 3.85. The number of aliphatic hydroxyl groups excluding tert-OH is 1. The minimum Gasteiger partial charge on any atom is -0.388 e. The van der Waals surface area contributed by atoms with Gasteiger partial charge in [-0.25, -0.2) is 8.78 Å². The third kappa shape index (κ3) is 0.932. The van der Waals surface area contributed by atoms with Crippen LogP contribution >= 0.6 is 0 Å². The van der Waals surface area contributed by atoms with Gasteiger partial charge in [-0.3, -0.25) is 0 Å². The molecule has 0 spiro atoms. The lowest BCUT2D eigenvalue weighted by Crippen LogP contribution is -1.97. The maximum atomic E-state index is 13.0. The van der Waals surface area contributed by atoms with Crippen molar-refractivity contribution in [2.45, 2.75) is 18.9 Å². The highest BCUT2D eigenvalue weighted by Crippen LogP contribution is 2.33. The first-order chi connectivity index (χ1) is 5.70. The van der Waals surface area contributed by atoms with Gasteiger partial charge in [-0.05, 0) is 24.5 Å². The maximum Gasteiger partial charge on any atom is 0.164 e. The Morgan fingerprint density at radius 2 is 2.08 bits per heavy atom. The van der Waals surface area contributed by atoms with Gasteiger partial charge in [0.1, 0.15) is 0 Å². The van der Waals surface area contributed by atoms with E-state index in [1.165, 1.54) is 6.07 Å².